The summed E-state index contributed by atoms with van der Waals surface area (Å²) in [7, 11) is -3.43. The summed E-state index contributed by atoms with van der Waals surface area (Å²) in [6.45, 7) is 14.0. The van der Waals surface area contributed by atoms with Crippen molar-refractivity contribution in [3.63, 3.8) is 0 Å². The van der Waals surface area contributed by atoms with Gasteiger partial charge in [0.25, 0.3) is 0 Å². The first-order valence-corrected chi connectivity index (χ1v) is 10.5. The highest BCUT2D eigenvalue weighted by molar-refractivity contribution is 7.89. The molecule has 1 N–H and O–H groups in total. The van der Waals surface area contributed by atoms with E-state index in [0.29, 0.717) is 11.4 Å². The number of nitrogens with zero attached hydrogens (tertiary/aromatic N) is 1. The summed E-state index contributed by atoms with van der Waals surface area (Å²) in [5.74, 6) is 1.48. The first-order chi connectivity index (χ1) is 11.2. The van der Waals surface area contributed by atoms with Gasteiger partial charge >= 0.3 is 0 Å². The first-order valence-electron chi connectivity index (χ1n) is 8.99. The quantitative estimate of drug-likeness (QED) is 0.800. The van der Waals surface area contributed by atoms with E-state index in [2.05, 4.69) is 23.5 Å². The van der Waals surface area contributed by atoms with Crippen LogP contribution in [0.2, 0.25) is 0 Å². The van der Waals surface area contributed by atoms with E-state index in [1.807, 2.05) is 32.9 Å². The molecule has 0 saturated carbocycles. The van der Waals surface area contributed by atoms with Gasteiger partial charge < -0.3 is 4.90 Å². The lowest BCUT2D eigenvalue weighted by Crippen LogP contribution is -2.40. The van der Waals surface area contributed by atoms with Crippen molar-refractivity contribution in [1.82, 2.24) is 9.62 Å². The number of hydrogen-bond acceptors (Lipinski definition) is 3. The summed E-state index contributed by atoms with van der Waals surface area (Å²) >= 11 is 0. The number of likely N-dealkylation sites (tertiary alicyclic amines) is 1. The van der Waals surface area contributed by atoms with Crippen molar-refractivity contribution in [2.75, 3.05) is 26.2 Å². The zero-order valence-electron chi connectivity index (χ0n) is 15.7. The number of sulfonamides is 1. The smallest absolute Gasteiger partial charge is 0.241 e. The van der Waals surface area contributed by atoms with Gasteiger partial charge in [0.15, 0.2) is 0 Å². The fourth-order valence-electron chi connectivity index (χ4n) is 4.15. The Hall–Kier alpha value is -0.910. The second kappa shape index (κ2) is 7.98. The number of nitrogens with one attached hydrogen (secondary N) is 1. The number of benzene rings is 1. The molecule has 1 aromatic carbocycles. The lowest BCUT2D eigenvalue weighted by atomic mass is 9.92. The Bertz CT molecular complexity index is 637. The van der Waals surface area contributed by atoms with Crippen LogP contribution >= 0.6 is 0 Å². The molecule has 0 spiro atoms. The molecule has 1 saturated heterocycles. The Morgan fingerprint density at radius 3 is 2.17 bits per heavy atom. The molecular formula is C19H32N2O2S. The molecular weight excluding hydrogens is 320 g/mol. The van der Waals surface area contributed by atoms with Crippen molar-refractivity contribution < 1.29 is 8.42 Å². The molecule has 0 amide bonds. The number of piperidine rings is 1. The van der Waals surface area contributed by atoms with Crippen molar-refractivity contribution in [3.05, 3.63) is 28.8 Å². The minimum absolute atomic E-state index is 0.438. The molecule has 4 nitrogen and oxygen atoms in total. The lowest BCUT2D eigenvalue weighted by Gasteiger charge is -2.34. The van der Waals surface area contributed by atoms with E-state index >= 15 is 0 Å². The summed E-state index contributed by atoms with van der Waals surface area (Å²) in [5, 5.41) is 0. The Morgan fingerprint density at radius 2 is 1.62 bits per heavy atom. The van der Waals surface area contributed by atoms with Gasteiger partial charge in [0, 0.05) is 19.6 Å². The molecule has 136 valence electrons. The average Bonchev–Trinajstić information content (AvgIpc) is 2.41. The molecule has 0 bridgehead atoms. The van der Waals surface area contributed by atoms with Gasteiger partial charge in [-0.1, -0.05) is 31.5 Å². The van der Waals surface area contributed by atoms with E-state index < -0.39 is 10.0 Å². The molecule has 0 aromatic heterocycles. The Kier molecular flexibility index (Phi) is 6.46. The molecule has 0 aliphatic carbocycles. The average molecular weight is 353 g/mol. The normalized spacial score (nSPS) is 22.7. The maximum absolute atomic E-state index is 12.6. The zero-order valence-corrected chi connectivity index (χ0v) is 16.5. The van der Waals surface area contributed by atoms with Gasteiger partial charge in [0.2, 0.25) is 10.0 Å². The maximum atomic E-state index is 12.6. The van der Waals surface area contributed by atoms with Gasteiger partial charge in [-0.2, -0.15) is 0 Å². The lowest BCUT2D eigenvalue weighted by molar-refractivity contribution is 0.140. The number of rotatable bonds is 6. The van der Waals surface area contributed by atoms with E-state index in [-0.39, 0.29) is 0 Å². The SMILES string of the molecule is Cc1cc(C)c(S(=O)(=O)NCCCN2C[C@H](C)C[C@@H](C)C2)c(C)c1. The third-order valence-corrected chi connectivity index (χ3v) is 6.53. The zero-order chi connectivity index (χ0) is 17.9. The van der Waals surface area contributed by atoms with Crippen LogP contribution in [0.1, 0.15) is 43.4 Å². The first kappa shape index (κ1) is 19.4. The monoisotopic (exact) mass is 352 g/mol. The van der Waals surface area contributed by atoms with E-state index in [1.165, 1.54) is 6.42 Å². The molecule has 1 aromatic rings. The van der Waals surface area contributed by atoms with E-state index in [9.17, 15) is 8.42 Å². The van der Waals surface area contributed by atoms with Crippen LogP contribution in [0.3, 0.4) is 0 Å². The highest BCUT2D eigenvalue weighted by Crippen LogP contribution is 2.22. The standard InChI is InChI=1S/C19H32N2O2S/c1-14-10-17(4)19(18(5)11-14)24(22,23)20-7-6-8-21-12-15(2)9-16(3)13-21/h10-11,15-16,20H,6-9,12-13H2,1-5H3/t15-,16-/m1/s1. The molecule has 2 atom stereocenters. The van der Waals surface area contributed by atoms with E-state index in [1.54, 1.807) is 0 Å². The van der Waals surface area contributed by atoms with E-state index in [0.717, 1.165) is 54.6 Å². The summed E-state index contributed by atoms with van der Waals surface area (Å²) in [4.78, 5) is 2.91. The van der Waals surface area contributed by atoms with Crippen molar-refractivity contribution in [2.45, 2.75) is 52.4 Å². The number of hydrogen-bond donors (Lipinski definition) is 1. The third-order valence-electron chi connectivity index (χ3n) is 4.76. The minimum atomic E-state index is -3.43. The predicted molar refractivity (Wildman–Crippen MR) is 99.8 cm³/mol. The van der Waals surface area contributed by atoms with E-state index in [4.69, 9.17) is 0 Å². The maximum Gasteiger partial charge on any atom is 0.241 e. The van der Waals surface area contributed by atoms with Crippen molar-refractivity contribution in [1.29, 1.82) is 0 Å². The van der Waals surface area contributed by atoms with Crippen LogP contribution in [-0.4, -0.2) is 39.5 Å². The van der Waals surface area contributed by atoms with Gasteiger partial charge in [-0.05, 0) is 63.1 Å². The number of aryl methyl sites for hydroxylation is 3. The third kappa shape index (κ3) is 5.04. The summed E-state index contributed by atoms with van der Waals surface area (Å²) < 4.78 is 28.0. The van der Waals surface area contributed by atoms with Crippen LogP contribution in [0.15, 0.2) is 17.0 Å². The molecule has 1 aliphatic heterocycles. The molecule has 0 unspecified atom stereocenters. The summed E-state index contributed by atoms with van der Waals surface area (Å²) in [6.07, 6.45) is 2.15. The Morgan fingerprint density at radius 1 is 1.08 bits per heavy atom. The van der Waals surface area contributed by atoms with Crippen LogP contribution in [0.25, 0.3) is 0 Å². The van der Waals surface area contributed by atoms with Crippen LogP contribution in [0, 0.1) is 32.6 Å². The molecule has 0 radical (unpaired) electrons. The van der Waals surface area contributed by atoms with Crippen molar-refractivity contribution in [3.8, 4) is 0 Å². The molecule has 5 heteroatoms. The van der Waals surface area contributed by atoms with Gasteiger partial charge in [-0.25, -0.2) is 13.1 Å². The Balaban J connectivity index is 1.90. The molecule has 24 heavy (non-hydrogen) atoms. The fraction of sp³-hybridized carbons (Fsp3) is 0.684. The molecule has 2 rings (SSSR count). The van der Waals surface area contributed by atoms with Gasteiger partial charge in [0.1, 0.15) is 0 Å². The second-order valence-corrected chi connectivity index (χ2v) is 9.39. The highest BCUT2D eigenvalue weighted by atomic mass is 32.2. The van der Waals surface area contributed by atoms with Crippen LogP contribution < -0.4 is 4.72 Å². The van der Waals surface area contributed by atoms with Crippen LogP contribution in [0.4, 0.5) is 0 Å². The molecule has 1 heterocycles. The van der Waals surface area contributed by atoms with Crippen LogP contribution in [0.5, 0.6) is 0 Å². The van der Waals surface area contributed by atoms with Crippen molar-refractivity contribution in [2.24, 2.45) is 11.8 Å². The second-order valence-electron chi connectivity index (χ2n) is 7.68. The Labute approximate surface area is 147 Å². The fourth-order valence-corrected chi connectivity index (χ4v) is 5.67. The molecule has 1 fully saturated rings. The largest absolute Gasteiger partial charge is 0.303 e. The summed E-state index contributed by atoms with van der Waals surface area (Å²) in [5.41, 5.74) is 2.73. The topological polar surface area (TPSA) is 49.4 Å². The van der Waals surface area contributed by atoms with Gasteiger partial charge in [0.05, 0.1) is 4.90 Å². The molecule has 1 aliphatic rings. The minimum Gasteiger partial charge on any atom is -0.303 e. The summed E-state index contributed by atoms with van der Waals surface area (Å²) in [6, 6.07) is 3.86. The predicted octanol–water partition coefficient (Wildman–Crippen LogP) is 3.26. The van der Waals surface area contributed by atoms with Gasteiger partial charge in [-0.15, -0.1) is 0 Å². The van der Waals surface area contributed by atoms with Gasteiger partial charge in [-0.3, -0.25) is 0 Å². The van der Waals surface area contributed by atoms with Crippen molar-refractivity contribution >= 4 is 10.0 Å². The van der Waals surface area contributed by atoms with Crippen LogP contribution in [-0.2, 0) is 10.0 Å². The highest BCUT2D eigenvalue weighted by Gasteiger charge is 2.22.